The zero-order chi connectivity index (χ0) is 13.5. The molecule has 0 radical (unpaired) electrons. The molecule has 0 saturated carbocycles. The minimum absolute atomic E-state index is 0.0628. The third-order valence-electron chi connectivity index (χ3n) is 2.57. The van der Waals surface area contributed by atoms with Crippen LogP contribution in [0.4, 0.5) is 0 Å². The molecule has 1 amide bonds. The van der Waals surface area contributed by atoms with E-state index in [1.54, 1.807) is 37.3 Å². The fraction of sp³-hybridized carbons (Fsp3) is 0.357. The molecular formula is C14H17NO3. The number of ether oxygens (including phenoxy) is 1. The molecule has 1 N–H and O–H groups in total. The van der Waals surface area contributed by atoms with Gasteiger partial charge in [0.1, 0.15) is 12.4 Å². The van der Waals surface area contributed by atoms with Gasteiger partial charge < -0.3 is 14.7 Å². The third-order valence-corrected chi connectivity index (χ3v) is 2.57. The van der Waals surface area contributed by atoms with Gasteiger partial charge in [-0.3, -0.25) is 4.79 Å². The van der Waals surface area contributed by atoms with E-state index in [1.807, 2.05) is 6.92 Å². The molecule has 0 fully saturated rings. The molecule has 96 valence electrons. The Balaban J connectivity index is 3.14. The summed E-state index contributed by atoms with van der Waals surface area (Å²) in [7, 11) is 3.28. The number of hydrogen-bond acceptors (Lipinski definition) is 3. The van der Waals surface area contributed by atoms with E-state index in [4.69, 9.17) is 9.84 Å². The summed E-state index contributed by atoms with van der Waals surface area (Å²) < 4.78 is 5.15. The Labute approximate surface area is 107 Å². The van der Waals surface area contributed by atoms with E-state index in [9.17, 15) is 4.79 Å². The normalized spacial score (nSPS) is 9.33. The Bertz CT molecular complexity index is 486. The van der Waals surface area contributed by atoms with Crippen molar-refractivity contribution in [1.29, 1.82) is 0 Å². The average molecular weight is 247 g/mol. The van der Waals surface area contributed by atoms with Gasteiger partial charge in [-0.2, -0.15) is 0 Å². The second kappa shape index (κ2) is 6.67. The topological polar surface area (TPSA) is 49.8 Å². The highest BCUT2D eigenvalue weighted by Gasteiger charge is 2.12. The van der Waals surface area contributed by atoms with Gasteiger partial charge >= 0.3 is 0 Å². The lowest BCUT2D eigenvalue weighted by molar-refractivity contribution is 0.0802. The first-order valence-electron chi connectivity index (χ1n) is 5.67. The molecule has 4 nitrogen and oxygen atoms in total. The van der Waals surface area contributed by atoms with Crippen molar-refractivity contribution in [3.63, 3.8) is 0 Å². The van der Waals surface area contributed by atoms with Crippen molar-refractivity contribution < 1.29 is 14.6 Å². The molecule has 0 spiro atoms. The van der Waals surface area contributed by atoms with Crippen LogP contribution in [0.5, 0.6) is 5.75 Å². The molecule has 18 heavy (non-hydrogen) atoms. The summed E-state index contributed by atoms with van der Waals surface area (Å²) in [4.78, 5) is 13.6. The summed E-state index contributed by atoms with van der Waals surface area (Å²) in [5.41, 5.74) is 1.16. The van der Waals surface area contributed by atoms with E-state index in [0.717, 1.165) is 0 Å². The molecule has 0 aromatic heterocycles. The van der Waals surface area contributed by atoms with Gasteiger partial charge in [0.05, 0.1) is 12.7 Å². The molecule has 1 aromatic carbocycles. The number of hydrogen-bond donors (Lipinski definition) is 1. The van der Waals surface area contributed by atoms with Gasteiger partial charge in [0.25, 0.3) is 5.91 Å². The number of amides is 1. The standard InChI is InChI=1S/C14H17NO3/c1-4-15(2)14(17)12-7-8-13(18-3)11(10-12)6-5-9-16/h7-8,10,16H,4,9H2,1-3H3. The zero-order valence-electron chi connectivity index (χ0n) is 10.9. The van der Waals surface area contributed by atoms with Gasteiger partial charge in [-0.25, -0.2) is 0 Å². The number of aliphatic hydroxyl groups excluding tert-OH is 1. The Morgan fingerprint density at radius 1 is 1.50 bits per heavy atom. The number of benzene rings is 1. The van der Waals surface area contributed by atoms with Gasteiger partial charge in [-0.05, 0) is 25.1 Å². The van der Waals surface area contributed by atoms with Crippen molar-refractivity contribution in [1.82, 2.24) is 4.90 Å². The first kappa shape index (κ1) is 14.1. The second-order valence-corrected chi connectivity index (χ2v) is 3.69. The van der Waals surface area contributed by atoms with E-state index >= 15 is 0 Å². The van der Waals surface area contributed by atoms with Crippen LogP contribution >= 0.6 is 0 Å². The molecule has 1 aromatic rings. The Hall–Kier alpha value is -1.99. The lowest BCUT2D eigenvalue weighted by Crippen LogP contribution is -2.26. The predicted octanol–water partition coefficient (Wildman–Crippen LogP) is 1.13. The van der Waals surface area contributed by atoms with E-state index in [0.29, 0.717) is 23.4 Å². The molecule has 4 heteroatoms. The van der Waals surface area contributed by atoms with Gasteiger partial charge in [-0.15, -0.1) is 0 Å². The van der Waals surface area contributed by atoms with Crippen LogP contribution in [0.1, 0.15) is 22.8 Å². The van der Waals surface area contributed by atoms with Crippen LogP contribution in [0.3, 0.4) is 0 Å². The summed E-state index contributed by atoms with van der Waals surface area (Å²) in [5.74, 6) is 5.85. The second-order valence-electron chi connectivity index (χ2n) is 3.69. The first-order chi connectivity index (χ1) is 8.63. The highest BCUT2D eigenvalue weighted by molar-refractivity contribution is 5.94. The summed E-state index contributed by atoms with van der Waals surface area (Å²) in [6.45, 7) is 2.33. The molecule has 0 heterocycles. The summed E-state index contributed by atoms with van der Waals surface area (Å²) in [6.07, 6.45) is 0. The van der Waals surface area contributed by atoms with Crippen LogP contribution in [0.25, 0.3) is 0 Å². The van der Waals surface area contributed by atoms with Gasteiger partial charge in [0.15, 0.2) is 0 Å². The summed E-state index contributed by atoms with van der Waals surface area (Å²) in [5, 5.41) is 8.71. The summed E-state index contributed by atoms with van der Waals surface area (Å²) in [6, 6.07) is 5.09. The smallest absolute Gasteiger partial charge is 0.253 e. The van der Waals surface area contributed by atoms with Crippen LogP contribution in [-0.4, -0.2) is 43.2 Å². The van der Waals surface area contributed by atoms with Crippen molar-refractivity contribution in [3.05, 3.63) is 29.3 Å². The number of aliphatic hydroxyl groups is 1. The fourth-order valence-corrected chi connectivity index (χ4v) is 1.44. The maximum Gasteiger partial charge on any atom is 0.253 e. The lowest BCUT2D eigenvalue weighted by Gasteiger charge is -2.15. The van der Waals surface area contributed by atoms with Crippen LogP contribution in [0.2, 0.25) is 0 Å². The van der Waals surface area contributed by atoms with Crippen molar-refractivity contribution >= 4 is 5.91 Å². The molecule has 1 rings (SSSR count). The van der Waals surface area contributed by atoms with Crippen LogP contribution in [0, 0.1) is 11.8 Å². The van der Waals surface area contributed by atoms with E-state index in [2.05, 4.69) is 11.8 Å². The van der Waals surface area contributed by atoms with Crippen LogP contribution in [-0.2, 0) is 0 Å². The van der Waals surface area contributed by atoms with Gasteiger partial charge in [-0.1, -0.05) is 11.8 Å². The lowest BCUT2D eigenvalue weighted by atomic mass is 10.1. The number of methoxy groups -OCH3 is 1. The molecule has 0 saturated heterocycles. The Morgan fingerprint density at radius 3 is 2.78 bits per heavy atom. The van der Waals surface area contributed by atoms with E-state index < -0.39 is 0 Å². The highest BCUT2D eigenvalue weighted by Crippen LogP contribution is 2.19. The van der Waals surface area contributed by atoms with E-state index in [-0.39, 0.29) is 12.5 Å². The number of nitrogens with zero attached hydrogens (tertiary/aromatic N) is 1. The molecule has 0 atom stereocenters. The minimum atomic E-state index is -0.226. The minimum Gasteiger partial charge on any atom is -0.495 e. The maximum atomic E-state index is 12.0. The molecule has 0 aliphatic heterocycles. The third kappa shape index (κ3) is 3.25. The van der Waals surface area contributed by atoms with Crippen molar-refractivity contribution in [2.45, 2.75) is 6.92 Å². The largest absolute Gasteiger partial charge is 0.495 e. The van der Waals surface area contributed by atoms with E-state index in [1.165, 1.54) is 0 Å². The number of carbonyl (C=O) groups is 1. The van der Waals surface area contributed by atoms with Crippen LogP contribution < -0.4 is 4.74 Å². The van der Waals surface area contributed by atoms with Crippen molar-refractivity contribution in [2.75, 3.05) is 27.3 Å². The highest BCUT2D eigenvalue weighted by atomic mass is 16.5. The molecular weight excluding hydrogens is 230 g/mol. The quantitative estimate of drug-likeness (QED) is 0.815. The van der Waals surface area contributed by atoms with Gasteiger partial charge in [0.2, 0.25) is 0 Å². The molecule has 0 aliphatic rings. The van der Waals surface area contributed by atoms with Crippen molar-refractivity contribution in [2.24, 2.45) is 0 Å². The maximum absolute atomic E-state index is 12.0. The summed E-state index contributed by atoms with van der Waals surface area (Å²) >= 11 is 0. The molecule has 0 bridgehead atoms. The fourth-order valence-electron chi connectivity index (χ4n) is 1.44. The first-order valence-corrected chi connectivity index (χ1v) is 5.67. The average Bonchev–Trinajstić information content (AvgIpc) is 2.42. The predicted molar refractivity (Wildman–Crippen MR) is 69.6 cm³/mol. The van der Waals surface area contributed by atoms with Gasteiger partial charge in [0, 0.05) is 19.2 Å². The number of rotatable bonds is 3. The van der Waals surface area contributed by atoms with Crippen molar-refractivity contribution in [3.8, 4) is 17.6 Å². The molecule has 0 aliphatic carbocycles. The Morgan fingerprint density at radius 2 is 2.22 bits per heavy atom. The van der Waals surface area contributed by atoms with Crippen LogP contribution in [0.15, 0.2) is 18.2 Å². The SMILES string of the molecule is CCN(C)C(=O)c1ccc(OC)c(C#CCO)c1. The number of carbonyl (C=O) groups excluding carboxylic acids is 1. The monoisotopic (exact) mass is 247 g/mol. The zero-order valence-corrected chi connectivity index (χ0v) is 10.9. The Kier molecular flexibility index (Phi) is 5.22. The molecule has 0 unspecified atom stereocenters.